The molecule has 0 spiro atoms. The van der Waals surface area contributed by atoms with E-state index in [1.165, 1.54) is 28.5 Å². The summed E-state index contributed by atoms with van der Waals surface area (Å²) in [5, 5.41) is 13.1. The van der Waals surface area contributed by atoms with Crippen molar-refractivity contribution < 1.29 is 9.66 Å². The van der Waals surface area contributed by atoms with Gasteiger partial charge in [-0.05, 0) is 22.4 Å². The highest BCUT2D eigenvalue weighted by Crippen LogP contribution is 2.20. The van der Waals surface area contributed by atoms with Gasteiger partial charge in [-0.3, -0.25) is 10.1 Å². The Balaban J connectivity index is 1.64. The number of hydrogen-bond donors (Lipinski definition) is 0. The topological polar surface area (TPSA) is 52.4 Å². The highest BCUT2D eigenvalue weighted by atomic mass is 16.6. The van der Waals surface area contributed by atoms with Gasteiger partial charge in [0.1, 0.15) is 5.75 Å². The van der Waals surface area contributed by atoms with E-state index >= 15 is 0 Å². The minimum absolute atomic E-state index is 0.0446. The van der Waals surface area contributed by atoms with Crippen molar-refractivity contribution in [1.82, 2.24) is 0 Å². The average molecular weight is 293 g/mol. The number of nitro benzene ring substituents is 1. The summed E-state index contributed by atoms with van der Waals surface area (Å²) in [6.07, 6.45) is 0.757. The van der Waals surface area contributed by atoms with Crippen LogP contribution in [-0.2, 0) is 6.42 Å². The third-order valence-corrected chi connectivity index (χ3v) is 3.50. The molecule has 0 radical (unpaired) electrons. The smallest absolute Gasteiger partial charge is 0.273 e. The van der Waals surface area contributed by atoms with Gasteiger partial charge >= 0.3 is 0 Å². The Morgan fingerprint density at radius 1 is 0.909 bits per heavy atom. The van der Waals surface area contributed by atoms with Gasteiger partial charge in [-0.2, -0.15) is 0 Å². The Hall–Kier alpha value is -2.88. The van der Waals surface area contributed by atoms with E-state index in [1.807, 2.05) is 12.1 Å². The fourth-order valence-electron chi connectivity index (χ4n) is 2.37. The first-order valence-corrected chi connectivity index (χ1v) is 7.07. The first-order valence-electron chi connectivity index (χ1n) is 7.07. The molecule has 22 heavy (non-hydrogen) atoms. The van der Waals surface area contributed by atoms with Crippen LogP contribution in [0.25, 0.3) is 10.8 Å². The lowest BCUT2D eigenvalue weighted by molar-refractivity contribution is -0.384. The van der Waals surface area contributed by atoms with Gasteiger partial charge in [0, 0.05) is 12.5 Å². The van der Waals surface area contributed by atoms with E-state index < -0.39 is 4.92 Å². The summed E-state index contributed by atoms with van der Waals surface area (Å²) in [6.45, 7) is 0.486. The third kappa shape index (κ3) is 3.23. The molecule has 0 fully saturated rings. The van der Waals surface area contributed by atoms with Crippen molar-refractivity contribution >= 4 is 16.5 Å². The number of benzene rings is 3. The molecular weight excluding hydrogens is 278 g/mol. The number of nitrogens with zero attached hydrogens (tertiary/aromatic N) is 1. The Labute approximate surface area is 128 Å². The number of nitro groups is 1. The van der Waals surface area contributed by atoms with E-state index in [-0.39, 0.29) is 5.69 Å². The van der Waals surface area contributed by atoms with Crippen LogP contribution in [0.15, 0.2) is 66.7 Å². The zero-order valence-corrected chi connectivity index (χ0v) is 11.9. The highest BCUT2D eigenvalue weighted by Gasteiger charge is 2.06. The SMILES string of the molecule is O=[N+]([O-])c1cccc(OCCc2ccc3ccccc3c2)c1. The molecule has 3 aromatic rings. The second kappa shape index (κ2) is 6.26. The Kier molecular flexibility index (Phi) is 4.01. The van der Waals surface area contributed by atoms with Crippen LogP contribution in [0.4, 0.5) is 5.69 Å². The first kappa shape index (κ1) is 14.1. The zero-order chi connectivity index (χ0) is 15.4. The highest BCUT2D eigenvalue weighted by molar-refractivity contribution is 5.82. The molecule has 4 heteroatoms. The van der Waals surface area contributed by atoms with Crippen molar-refractivity contribution in [3.05, 3.63) is 82.4 Å². The molecule has 0 aliphatic heterocycles. The lowest BCUT2D eigenvalue weighted by Crippen LogP contribution is -2.01. The predicted octanol–water partition coefficient (Wildman–Crippen LogP) is 4.37. The van der Waals surface area contributed by atoms with E-state index in [9.17, 15) is 10.1 Å². The zero-order valence-electron chi connectivity index (χ0n) is 11.9. The van der Waals surface area contributed by atoms with Crippen molar-refractivity contribution in [1.29, 1.82) is 0 Å². The third-order valence-electron chi connectivity index (χ3n) is 3.50. The molecule has 0 saturated heterocycles. The van der Waals surface area contributed by atoms with Gasteiger partial charge in [0.15, 0.2) is 0 Å². The second-order valence-corrected chi connectivity index (χ2v) is 5.03. The van der Waals surface area contributed by atoms with E-state index in [1.54, 1.807) is 12.1 Å². The fraction of sp³-hybridized carbons (Fsp3) is 0.111. The molecule has 110 valence electrons. The number of non-ortho nitro benzene ring substituents is 1. The summed E-state index contributed by atoms with van der Waals surface area (Å²) >= 11 is 0. The van der Waals surface area contributed by atoms with E-state index in [0.717, 1.165) is 6.42 Å². The molecule has 0 saturated carbocycles. The molecule has 0 atom stereocenters. The molecule has 4 nitrogen and oxygen atoms in total. The van der Waals surface area contributed by atoms with Gasteiger partial charge in [0.2, 0.25) is 0 Å². The standard InChI is InChI=1S/C18H15NO3/c20-19(21)17-6-3-7-18(13-17)22-11-10-14-8-9-15-4-1-2-5-16(15)12-14/h1-9,12-13H,10-11H2. The molecular formula is C18H15NO3. The van der Waals surface area contributed by atoms with E-state index in [2.05, 4.69) is 30.3 Å². The van der Waals surface area contributed by atoms with Gasteiger partial charge in [0.05, 0.1) is 17.6 Å². The van der Waals surface area contributed by atoms with Gasteiger partial charge in [0.25, 0.3) is 5.69 Å². The molecule has 0 bridgehead atoms. The van der Waals surface area contributed by atoms with Crippen molar-refractivity contribution in [2.24, 2.45) is 0 Å². The van der Waals surface area contributed by atoms with Crippen molar-refractivity contribution in [3.63, 3.8) is 0 Å². The van der Waals surface area contributed by atoms with Gasteiger partial charge < -0.3 is 4.74 Å². The van der Waals surface area contributed by atoms with Crippen LogP contribution in [0, 0.1) is 10.1 Å². The summed E-state index contributed by atoms with van der Waals surface area (Å²) in [5.41, 5.74) is 1.23. The summed E-state index contributed by atoms with van der Waals surface area (Å²) in [6, 6.07) is 20.8. The molecule has 0 aromatic heterocycles. The fourth-order valence-corrected chi connectivity index (χ4v) is 2.37. The summed E-state index contributed by atoms with van der Waals surface area (Å²) in [5.74, 6) is 0.523. The largest absolute Gasteiger partial charge is 0.493 e. The second-order valence-electron chi connectivity index (χ2n) is 5.03. The van der Waals surface area contributed by atoms with Crippen LogP contribution >= 0.6 is 0 Å². The number of rotatable bonds is 5. The molecule has 0 unspecified atom stereocenters. The molecule has 0 amide bonds. The van der Waals surface area contributed by atoms with E-state index in [0.29, 0.717) is 12.4 Å². The maximum atomic E-state index is 10.7. The van der Waals surface area contributed by atoms with Crippen LogP contribution in [0.3, 0.4) is 0 Å². The minimum Gasteiger partial charge on any atom is -0.493 e. The maximum absolute atomic E-state index is 10.7. The summed E-state index contributed by atoms with van der Waals surface area (Å²) < 4.78 is 5.61. The molecule has 0 heterocycles. The van der Waals surface area contributed by atoms with Crippen LogP contribution in [0.1, 0.15) is 5.56 Å². The van der Waals surface area contributed by atoms with Crippen molar-refractivity contribution in [2.45, 2.75) is 6.42 Å². The predicted molar refractivity (Wildman–Crippen MR) is 86.2 cm³/mol. The maximum Gasteiger partial charge on any atom is 0.273 e. The first-order chi connectivity index (χ1) is 10.7. The Bertz CT molecular complexity index is 814. The van der Waals surface area contributed by atoms with Crippen LogP contribution in [0.5, 0.6) is 5.75 Å². The molecule has 3 aromatic carbocycles. The van der Waals surface area contributed by atoms with Crippen LogP contribution < -0.4 is 4.74 Å². The van der Waals surface area contributed by atoms with E-state index in [4.69, 9.17) is 4.74 Å². The van der Waals surface area contributed by atoms with Gasteiger partial charge in [-0.15, -0.1) is 0 Å². The average Bonchev–Trinajstić information content (AvgIpc) is 2.55. The Morgan fingerprint density at radius 2 is 1.73 bits per heavy atom. The van der Waals surface area contributed by atoms with Crippen LogP contribution in [0.2, 0.25) is 0 Å². The lowest BCUT2D eigenvalue weighted by atomic mass is 10.1. The summed E-state index contributed by atoms with van der Waals surface area (Å²) in [4.78, 5) is 10.3. The molecule has 0 N–H and O–H groups in total. The quantitative estimate of drug-likeness (QED) is 0.518. The van der Waals surface area contributed by atoms with Crippen LogP contribution in [-0.4, -0.2) is 11.5 Å². The number of ether oxygens (including phenoxy) is 1. The minimum atomic E-state index is -0.420. The Morgan fingerprint density at radius 3 is 2.55 bits per heavy atom. The van der Waals surface area contributed by atoms with Crippen molar-refractivity contribution in [3.8, 4) is 5.75 Å². The lowest BCUT2D eigenvalue weighted by Gasteiger charge is -2.07. The molecule has 0 aliphatic rings. The normalized spacial score (nSPS) is 10.5. The summed E-state index contributed by atoms with van der Waals surface area (Å²) in [7, 11) is 0. The molecule has 0 aliphatic carbocycles. The van der Waals surface area contributed by atoms with Gasteiger partial charge in [-0.25, -0.2) is 0 Å². The van der Waals surface area contributed by atoms with Crippen molar-refractivity contribution in [2.75, 3.05) is 6.61 Å². The van der Waals surface area contributed by atoms with Gasteiger partial charge in [-0.1, -0.05) is 48.5 Å². The monoisotopic (exact) mass is 293 g/mol. The number of hydrogen-bond acceptors (Lipinski definition) is 3. The number of fused-ring (bicyclic) bond motifs is 1. The molecule has 3 rings (SSSR count).